The molecule has 5 heteroatoms. The quantitative estimate of drug-likeness (QED) is 0.235. The van der Waals surface area contributed by atoms with E-state index in [1.807, 2.05) is 0 Å². The molecule has 0 bridgehead atoms. The van der Waals surface area contributed by atoms with Gasteiger partial charge in [0.05, 0.1) is 19.8 Å². The van der Waals surface area contributed by atoms with Gasteiger partial charge in [0.2, 0.25) is 0 Å². The maximum atomic E-state index is 8.43. The smallest absolute Gasteiger partial charge is 0.126 e. The number of aliphatic hydroxyl groups excluding tert-OH is 1. The van der Waals surface area contributed by atoms with Gasteiger partial charge < -0.3 is 20.4 Å². The molecule has 0 aliphatic rings. The van der Waals surface area contributed by atoms with Crippen LogP contribution in [0.15, 0.2) is 0 Å². The number of ether oxygens (including phenoxy) is 1. The number of rotatable bonds is 5. The van der Waals surface area contributed by atoms with Crippen LogP contribution in [0, 0.1) is 0 Å². The zero-order valence-electron chi connectivity index (χ0n) is 5.12. The van der Waals surface area contributed by atoms with Crippen molar-refractivity contribution < 1.29 is 14.7 Å². The first-order valence-corrected chi connectivity index (χ1v) is 2.60. The van der Waals surface area contributed by atoms with Crippen molar-refractivity contribution in [3.8, 4) is 0 Å². The van der Waals surface area contributed by atoms with Crippen LogP contribution in [-0.4, -0.2) is 31.2 Å². The third-order valence-electron chi connectivity index (χ3n) is 0.634. The Morgan fingerprint density at radius 3 is 2.56 bits per heavy atom. The Hall–Kier alpha value is -0.200. The standard InChI is InChI=1S/C4H12N2O3/c5-4(7)3-8-1-2-9-6/h4,7H,1-3,5-6H2. The van der Waals surface area contributed by atoms with Gasteiger partial charge >= 0.3 is 0 Å². The minimum atomic E-state index is -0.914. The summed E-state index contributed by atoms with van der Waals surface area (Å²) in [5.74, 6) is 4.67. The van der Waals surface area contributed by atoms with Gasteiger partial charge in [-0.1, -0.05) is 0 Å². The molecule has 0 spiro atoms. The Balaban J connectivity index is 2.75. The Labute approximate surface area is 53.5 Å². The minimum absolute atomic E-state index is 0.114. The average molecular weight is 136 g/mol. The van der Waals surface area contributed by atoms with Crippen LogP contribution in [0.2, 0.25) is 0 Å². The fourth-order valence-corrected chi connectivity index (χ4v) is 0.311. The van der Waals surface area contributed by atoms with Gasteiger partial charge in [-0.3, -0.25) is 0 Å². The second-order valence-corrected chi connectivity index (χ2v) is 1.51. The van der Waals surface area contributed by atoms with E-state index in [0.29, 0.717) is 13.2 Å². The summed E-state index contributed by atoms with van der Waals surface area (Å²) in [7, 11) is 0. The SMILES string of the molecule is NOCCOCC(N)O. The van der Waals surface area contributed by atoms with E-state index < -0.39 is 6.23 Å². The van der Waals surface area contributed by atoms with E-state index in [1.54, 1.807) is 0 Å². The molecule has 0 saturated heterocycles. The van der Waals surface area contributed by atoms with Crippen molar-refractivity contribution >= 4 is 0 Å². The third kappa shape index (κ3) is 7.80. The Morgan fingerprint density at radius 1 is 1.44 bits per heavy atom. The van der Waals surface area contributed by atoms with E-state index in [-0.39, 0.29) is 6.61 Å². The topological polar surface area (TPSA) is 90.7 Å². The molecule has 0 radical (unpaired) electrons. The number of hydrogen-bond donors (Lipinski definition) is 3. The first kappa shape index (κ1) is 8.80. The summed E-state index contributed by atoms with van der Waals surface area (Å²) in [4.78, 5) is 4.18. The highest BCUT2D eigenvalue weighted by Crippen LogP contribution is 1.75. The largest absolute Gasteiger partial charge is 0.376 e. The Kier molecular flexibility index (Phi) is 5.80. The molecule has 56 valence electrons. The van der Waals surface area contributed by atoms with Crippen LogP contribution in [0.5, 0.6) is 0 Å². The van der Waals surface area contributed by atoms with Crippen molar-refractivity contribution in [2.75, 3.05) is 19.8 Å². The third-order valence-corrected chi connectivity index (χ3v) is 0.634. The van der Waals surface area contributed by atoms with Gasteiger partial charge in [0.25, 0.3) is 0 Å². The summed E-state index contributed by atoms with van der Waals surface area (Å²) in [6.07, 6.45) is -0.914. The van der Waals surface area contributed by atoms with Crippen LogP contribution >= 0.6 is 0 Å². The predicted molar refractivity (Wildman–Crippen MR) is 31.2 cm³/mol. The maximum Gasteiger partial charge on any atom is 0.126 e. The summed E-state index contributed by atoms with van der Waals surface area (Å²) >= 11 is 0. The summed E-state index contributed by atoms with van der Waals surface area (Å²) in [5, 5.41) is 8.43. The van der Waals surface area contributed by atoms with Gasteiger partial charge in [0, 0.05) is 0 Å². The summed E-state index contributed by atoms with van der Waals surface area (Å²) in [6.45, 7) is 0.779. The number of aliphatic hydroxyl groups is 1. The van der Waals surface area contributed by atoms with Crippen molar-refractivity contribution in [2.24, 2.45) is 11.6 Å². The highest BCUT2D eigenvalue weighted by atomic mass is 16.6. The van der Waals surface area contributed by atoms with Gasteiger partial charge in [-0.2, -0.15) is 0 Å². The molecule has 0 heterocycles. The molecule has 0 aromatic heterocycles. The van der Waals surface area contributed by atoms with E-state index in [0.717, 1.165) is 0 Å². The van der Waals surface area contributed by atoms with Crippen molar-refractivity contribution in [1.29, 1.82) is 0 Å². The number of nitrogens with two attached hydrogens (primary N) is 2. The minimum Gasteiger partial charge on any atom is -0.376 e. The van der Waals surface area contributed by atoms with Crippen molar-refractivity contribution in [1.82, 2.24) is 0 Å². The lowest BCUT2D eigenvalue weighted by molar-refractivity contribution is 0.00563. The Morgan fingerprint density at radius 2 is 2.11 bits per heavy atom. The molecule has 0 aliphatic carbocycles. The van der Waals surface area contributed by atoms with E-state index in [9.17, 15) is 0 Å². The molecule has 5 N–H and O–H groups in total. The van der Waals surface area contributed by atoms with Crippen molar-refractivity contribution in [3.63, 3.8) is 0 Å². The lowest BCUT2D eigenvalue weighted by atomic mass is 10.6. The molecule has 5 nitrogen and oxygen atoms in total. The van der Waals surface area contributed by atoms with E-state index >= 15 is 0 Å². The second-order valence-electron chi connectivity index (χ2n) is 1.51. The van der Waals surface area contributed by atoms with Gasteiger partial charge in [-0.15, -0.1) is 0 Å². The fourth-order valence-electron chi connectivity index (χ4n) is 0.311. The molecule has 9 heavy (non-hydrogen) atoms. The monoisotopic (exact) mass is 136 g/mol. The zero-order chi connectivity index (χ0) is 7.11. The van der Waals surface area contributed by atoms with Crippen molar-refractivity contribution in [2.45, 2.75) is 6.23 Å². The maximum absolute atomic E-state index is 8.43. The van der Waals surface area contributed by atoms with Crippen LogP contribution < -0.4 is 11.6 Å². The lowest BCUT2D eigenvalue weighted by Crippen LogP contribution is -2.26. The summed E-state index contributed by atoms with van der Waals surface area (Å²) in [5.41, 5.74) is 4.93. The van der Waals surface area contributed by atoms with Gasteiger partial charge in [-0.05, 0) is 0 Å². The molecule has 0 fully saturated rings. The van der Waals surface area contributed by atoms with E-state index in [4.69, 9.17) is 15.6 Å². The first-order chi connectivity index (χ1) is 4.27. The molecule has 1 atom stereocenters. The van der Waals surface area contributed by atoms with Crippen LogP contribution in [0.25, 0.3) is 0 Å². The molecule has 0 aliphatic heterocycles. The molecular weight excluding hydrogens is 124 g/mol. The van der Waals surface area contributed by atoms with Crippen molar-refractivity contribution in [3.05, 3.63) is 0 Å². The number of hydrogen-bond acceptors (Lipinski definition) is 5. The fraction of sp³-hybridized carbons (Fsp3) is 1.00. The normalized spacial score (nSPS) is 13.7. The molecule has 0 saturated carbocycles. The van der Waals surface area contributed by atoms with Crippen LogP contribution in [0.1, 0.15) is 0 Å². The highest BCUT2D eigenvalue weighted by Gasteiger charge is 1.93. The zero-order valence-corrected chi connectivity index (χ0v) is 5.12. The first-order valence-electron chi connectivity index (χ1n) is 2.60. The molecule has 1 unspecified atom stereocenters. The highest BCUT2D eigenvalue weighted by molar-refractivity contribution is 4.37. The van der Waals surface area contributed by atoms with E-state index in [1.165, 1.54) is 0 Å². The van der Waals surface area contributed by atoms with Gasteiger partial charge in [0.1, 0.15) is 6.23 Å². The van der Waals surface area contributed by atoms with E-state index in [2.05, 4.69) is 10.7 Å². The van der Waals surface area contributed by atoms with Crippen LogP contribution in [0.3, 0.4) is 0 Å². The molecular formula is C4H12N2O3. The summed E-state index contributed by atoms with van der Waals surface area (Å²) < 4.78 is 4.76. The van der Waals surface area contributed by atoms with Crippen LogP contribution in [-0.2, 0) is 9.57 Å². The molecule has 0 amide bonds. The molecule has 0 rings (SSSR count). The predicted octanol–water partition coefficient (Wildman–Crippen LogP) is -1.83. The average Bonchev–Trinajstić information content (AvgIpc) is 1.80. The second kappa shape index (κ2) is 5.93. The van der Waals surface area contributed by atoms with Gasteiger partial charge in [-0.25, -0.2) is 5.90 Å². The molecule has 0 aromatic carbocycles. The van der Waals surface area contributed by atoms with Crippen LogP contribution in [0.4, 0.5) is 0 Å². The summed E-state index contributed by atoms with van der Waals surface area (Å²) in [6, 6.07) is 0. The van der Waals surface area contributed by atoms with Gasteiger partial charge in [0.15, 0.2) is 0 Å². The Bertz CT molecular complexity index is 59.8. The molecule has 0 aromatic rings. The lowest BCUT2D eigenvalue weighted by Gasteiger charge is -2.03.